The molecule has 0 aliphatic heterocycles. The number of nitrogens with one attached hydrogen (secondary N) is 1. The van der Waals surface area contributed by atoms with E-state index in [0.717, 1.165) is 16.8 Å². The quantitative estimate of drug-likeness (QED) is 0.572. The average molecular weight is 327 g/mol. The third-order valence-electron chi connectivity index (χ3n) is 4.34. The van der Waals surface area contributed by atoms with Crippen molar-refractivity contribution in [1.29, 1.82) is 0 Å². The second-order valence-electron chi connectivity index (χ2n) is 7.25. The minimum absolute atomic E-state index is 0.0542. The zero-order valence-corrected chi connectivity index (χ0v) is 14.8. The summed E-state index contributed by atoms with van der Waals surface area (Å²) in [7, 11) is 0. The number of benzene rings is 1. The first-order valence-corrected chi connectivity index (χ1v) is 7.81. The van der Waals surface area contributed by atoms with Crippen LogP contribution < -0.4 is 0 Å². The van der Waals surface area contributed by atoms with Gasteiger partial charge in [-0.25, -0.2) is 4.52 Å². The van der Waals surface area contributed by atoms with E-state index >= 15 is 0 Å². The van der Waals surface area contributed by atoms with Gasteiger partial charge in [0, 0.05) is 33.9 Å². The molecule has 3 rings (SSSR count). The number of H-pyrrole nitrogens is 1. The first-order valence-electron chi connectivity index (χ1n) is 7.81. The third kappa shape index (κ3) is 2.36. The molecule has 0 unspecified atom stereocenters. The number of nitro benzene ring substituents is 1. The van der Waals surface area contributed by atoms with Crippen molar-refractivity contribution in [2.24, 2.45) is 0 Å². The van der Waals surface area contributed by atoms with Crippen LogP contribution in [0.5, 0.6) is 0 Å². The molecule has 0 aliphatic rings. The van der Waals surface area contributed by atoms with Gasteiger partial charge in [-0.15, -0.1) is 10.2 Å². The van der Waals surface area contributed by atoms with Crippen LogP contribution in [0, 0.1) is 30.9 Å². The Morgan fingerprint density at radius 3 is 2.38 bits per heavy atom. The summed E-state index contributed by atoms with van der Waals surface area (Å²) in [5, 5.41) is 23.2. The largest absolute Gasteiger partial charge is 0.294 e. The lowest BCUT2D eigenvalue weighted by molar-refractivity contribution is -0.386. The van der Waals surface area contributed by atoms with Crippen LogP contribution in [-0.2, 0) is 5.41 Å². The molecule has 0 spiro atoms. The SMILES string of the molecule is Cc1cc(C)c([N+](=O)[O-])c(C)c1-c1nnc2cc(C(C)(C)C)[nH]n12. The number of fused-ring (bicyclic) bond motifs is 1. The maximum atomic E-state index is 11.4. The fourth-order valence-corrected chi connectivity index (χ4v) is 3.13. The van der Waals surface area contributed by atoms with Gasteiger partial charge in [-0.2, -0.15) is 0 Å². The highest BCUT2D eigenvalue weighted by atomic mass is 16.6. The lowest BCUT2D eigenvalue weighted by atomic mass is 9.93. The normalized spacial score (nSPS) is 12.1. The van der Waals surface area contributed by atoms with Gasteiger partial charge >= 0.3 is 0 Å². The Morgan fingerprint density at radius 2 is 1.79 bits per heavy atom. The van der Waals surface area contributed by atoms with Crippen LogP contribution in [0.4, 0.5) is 5.69 Å². The molecule has 1 N–H and O–H groups in total. The second-order valence-corrected chi connectivity index (χ2v) is 7.25. The van der Waals surface area contributed by atoms with Gasteiger partial charge in [0.1, 0.15) is 0 Å². The highest BCUT2D eigenvalue weighted by molar-refractivity contribution is 5.73. The van der Waals surface area contributed by atoms with Gasteiger partial charge in [0.15, 0.2) is 11.5 Å². The van der Waals surface area contributed by atoms with Gasteiger partial charge < -0.3 is 0 Å². The lowest BCUT2D eigenvalue weighted by Gasteiger charge is -2.15. The molecular formula is C17H21N5O2. The van der Waals surface area contributed by atoms with Crippen LogP contribution in [-0.4, -0.2) is 24.7 Å². The number of hydrogen-bond donors (Lipinski definition) is 1. The molecule has 0 bridgehead atoms. The van der Waals surface area contributed by atoms with E-state index in [0.29, 0.717) is 22.6 Å². The summed E-state index contributed by atoms with van der Waals surface area (Å²) >= 11 is 0. The van der Waals surface area contributed by atoms with Crippen molar-refractivity contribution < 1.29 is 4.92 Å². The van der Waals surface area contributed by atoms with Crippen molar-refractivity contribution in [2.75, 3.05) is 0 Å². The zero-order valence-electron chi connectivity index (χ0n) is 14.8. The van der Waals surface area contributed by atoms with Gasteiger partial charge in [0.25, 0.3) is 5.69 Å². The van der Waals surface area contributed by atoms with Gasteiger partial charge in [0.2, 0.25) is 0 Å². The molecule has 0 aliphatic carbocycles. The van der Waals surface area contributed by atoms with Crippen molar-refractivity contribution in [3.8, 4) is 11.4 Å². The van der Waals surface area contributed by atoms with Crippen LogP contribution >= 0.6 is 0 Å². The van der Waals surface area contributed by atoms with Crippen LogP contribution in [0.25, 0.3) is 17.0 Å². The van der Waals surface area contributed by atoms with E-state index in [-0.39, 0.29) is 16.0 Å². The molecule has 2 aromatic heterocycles. The summed E-state index contributed by atoms with van der Waals surface area (Å²) in [4.78, 5) is 11.1. The number of aryl methyl sites for hydroxylation is 2. The molecule has 0 saturated carbocycles. The van der Waals surface area contributed by atoms with Crippen molar-refractivity contribution in [1.82, 2.24) is 19.8 Å². The Kier molecular flexibility index (Phi) is 3.47. The van der Waals surface area contributed by atoms with Gasteiger partial charge in [0.05, 0.1) is 4.92 Å². The van der Waals surface area contributed by atoms with E-state index in [1.54, 1.807) is 18.4 Å². The molecule has 24 heavy (non-hydrogen) atoms. The van der Waals surface area contributed by atoms with E-state index in [1.165, 1.54) is 0 Å². The highest BCUT2D eigenvalue weighted by Crippen LogP contribution is 2.35. The Morgan fingerprint density at radius 1 is 1.12 bits per heavy atom. The number of aromatic amines is 1. The minimum Gasteiger partial charge on any atom is -0.294 e. The van der Waals surface area contributed by atoms with Crippen LogP contribution in [0.1, 0.15) is 43.2 Å². The maximum absolute atomic E-state index is 11.4. The monoisotopic (exact) mass is 327 g/mol. The van der Waals surface area contributed by atoms with E-state index in [2.05, 4.69) is 36.1 Å². The number of aromatic nitrogens is 4. The second kappa shape index (κ2) is 5.15. The van der Waals surface area contributed by atoms with Crippen molar-refractivity contribution in [3.63, 3.8) is 0 Å². The van der Waals surface area contributed by atoms with Crippen molar-refractivity contribution >= 4 is 11.3 Å². The van der Waals surface area contributed by atoms with Crippen LogP contribution in [0.3, 0.4) is 0 Å². The van der Waals surface area contributed by atoms with E-state index in [4.69, 9.17) is 0 Å². The molecule has 0 atom stereocenters. The summed E-state index contributed by atoms with van der Waals surface area (Å²) in [6.45, 7) is 11.8. The average Bonchev–Trinajstić information content (AvgIpc) is 2.98. The smallest absolute Gasteiger partial charge is 0.275 e. The lowest BCUT2D eigenvalue weighted by Crippen LogP contribution is -2.12. The molecule has 0 fully saturated rings. The first kappa shape index (κ1) is 16.2. The Balaban J connectivity index is 2.30. The van der Waals surface area contributed by atoms with Gasteiger partial charge in [-0.1, -0.05) is 20.8 Å². The minimum atomic E-state index is -0.332. The summed E-state index contributed by atoms with van der Waals surface area (Å²) in [6.07, 6.45) is 0. The Hall–Kier alpha value is -2.70. The first-order chi connectivity index (χ1) is 11.1. The molecule has 1 aromatic carbocycles. The van der Waals surface area contributed by atoms with E-state index < -0.39 is 0 Å². The fourth-order valence-electron chi connectivity index (χ4n) is 3.13. The third-order valence-corrected chi connectivity index (χ3v) is 4.34. The fraction of sp³-hybridized carbons (Fsp3) is 0.412. The molecule has 2 heterocycles. The summed E-state index contributed by atoms with van der Waals surface area (Å²) in [6, 6.07) is 3.79. The molecule has 0 saturated heterocycles. The predicted octanol–water partition coefficient (Wildman–Crippen LogP) is 3.86. The Labute approximate surface area is 139 Å². The molecule has 126 valence electrons. The predicted molar refractivity (Wildman–Crippen MR) is 92.3 cm³/mol. The van der Waals surface area contributed by atoms with Crippen LogP contribution in [0.15, 0.2) is 12.1 Å². The molecular weight excluding hydrogens is 306 g/mol. The van der Waals surface area contributed by atoms with Crippen LogP contribution in [0.2, 0.25) is 0 Å². The van der Waals surface area contributed by atoms with Gasteiger partial charge in [-0.3, -0.25) is 15.2 Å². The van der Waals surface area contributed by atoms with E-state index in [1.807, 2.05) is 19.1 Å². The maximum Gasteiger partial charge on any atom is 0.275 e. The zero-order chi connectivity index (χ0) is 17.8. The topological polar surface area (TPSA) is 89.1 Å². The summed E-state index contributed by atoms with van der Waals surface area (Å²) in [5.74, 6) is 0.596. The Bertz CT molecular complexity index is 960. The number of nitro groups is 1. The molecule has 0 amide bonds. The summed E-state index contributed by atoms with van der Waals surface area (Å²) in [5.41, 5.74) is 4.78. The molecule has 3 aromatic rings. The van der Waals surface area contributed by atoms with Crippen molar-refractivity contribution in [2.45, 2.75) is 47.0 Å². The van der Waals surface area contributed by atoms with Crippen molar-refractivity contribution in [3.05, 3.63) is 44.6 Å². The number of rotatable bonds is 2. The molecule has 7 nitrogen and oxygen atoms in total. The van der Waals surface area contributed by atoms with Gasteiger partial charge in [-0.05, 0) is 32.4 Å². The highest BCUT2D eigenvalue weighted by Gasteiger charge is 2.25. The number of nitrogens with zero attached hydrogens (tertiary/aromatic N) is 4. The molecule has 7 heteroatoms. The van der Waals surface area contributed by atoms with E-state index in [9.17, 15) is 10.1 Å². The number of hydrogen-bond acceptors (Lipinski definition) is 4. The molecule has 0 radical (unpaired) electrons. The standard InChI is InChI=1S/C17H21N5O2/c1-9-7-10(2)15(22(23)24)11(3)14(9)16-19-18-13-8-12(17(4,5)6)20-21(13)16/h7-8,20H,1-6H3. The summed E-state index contributed by atoms with van der Waals surface area (Å²) < 4.78 is 1.80.